The van der Waals surface area contributed by atoms with E-state index in [1.165, 1.54) is 39.0 Å². The smallest absolute Gasteiger partial charge is 0.0513 e. The zero-order chi connectivity index (χ0) is 12.6. The number of piperidine rings is 1. The van der Waals surface area contributed by atoms with Gasteiger partial charge in [0, 0.05) is 24.7 Å². The molecule has 0 saturated carbocycles. The second-order valence-electron chi connectivity index (χ2n) is 7.37. The maximum Gasteiger partial charge on any atom is 0.0513 e. The molecule has 100 valence electrons. The largest absolute Gasteiger partial charge is 0.287 e. The average Bonchev–Trinajstić information content (AvgIpc) is 2.26. The van der Waals surface area contributed by atoms with Crippen molar-refractivity contribution in [2.24, 2.45) is 11.8 Å². The monoisotopic (exact) mass is 238 g/mol. The van der Waals surface area contributed by atoms with Crippen LogP contribution in [-0.4, -0.2) is 41.1 Å². The van der Waals surface area contributed by atoms with Gasteiger partial charge in [-0.25, -0.2) is 0 Å². The molecule has 0 amide bonds. The van der Waals surface area contributed by atoms with Crippen molar-refractivity contribution < 1.29 is 0 Å². The Hall–Kier alpha value is -0.0800. The molecule has 0 aromatic heterocycles. The van der Waals surface area contributed by atoms with E-state index in [4.69, 9.17) is 0 Å². The van der Waals surface area contributed by atoms with Gasteiger partial charge in [0.1, 0.15) is 0 Å². The van der Waals surface area contributed by atoms with Gasteiger partial charge in [0.05, 0.1) is 6.67 Å². The molecule has 2 unspecified atom stereocenters. The lowest BCUT2D eigenvalue weighted by molar-refractivity contribution is -0.0440. The molecule has 0 N–H and O–H groups in total. The number of hydrogen-bond donors (Lipinski definition) is 0. The molecule has 2 aliphatic heterocycles. The minimum atomic E-state index is 0.329. The molecule has 2 heterocycles. The Bertz CT molecular complexity index is 254. The van der Waals surface area contributed by atoms with Gasteiger partial charge in [-0.05, 0) is 51.9 Å². The maximum absolute atomic E-state index is 2.75. The second kappa shape index (κ2) is 4.89. The van der Waals surface area contributed by atoms with Crippen molar-refractivity contribution in [2.75, 3.05) is 19.8 Å². The molecule has 0 spiro atoms. The van der Waals surface area contributed by atoms with Gasteiger partial charge in [-0.15, -0.1) is 0 Å². The van der Waals surface area contributed by atoms with E-state index >= 15 is 0 Å². The van der Waals surface area contributed by atoms with Gasteiger partial charge in [0.2, 0.25) is 0 Å². The average molecular weight is 238 g/mol. The quantitative estimate of drug-likeness (QED) is 0.692. The lowest BCUT2D eigenvalue weighted by Crippen LogP contribution is -2.58. The van der Waals surface area contributed by atoms with E-state index < -0.39 is 0 Å². The van der Waals surface area contributed by atoms with E-state index in [0.29, 0.717) is 5.54 Å². The van der Waals surface area contributed by atoms with Gasteiger partial charge in [0.15, 0.2) is 0 Å². The van der Waals surface area contributed by atoms with E-state index in [0.717, 1.165) is 17.9 Å². The first-order valence-electron chi connectivity index (χ1n) is 7.37. The first-order chi connectivity index (χ1) is 7.88. The highest BCUT2D eigenvalue weighted by atomic mass is 15.4. The van der Waals surface area contributed by atoms with Crippen LogP contribution in [0.3, 0.4) is 0 Å². The Morgan fingerprint density at radius 3 is 2.35 bits per heavy atom. The molecule has 2 rings (SSSR count). The molecule has 2 fully saturated rings. The molecule has 2 heteroatoms. The van der Waals surface area contributed by atoms with Crippen molar-refractivity contribution >= 4 is 0 Å². The van der Waals surface area contributed by atoms with E-state index in [9.17, 15) is 0 Å². The fourth-order valence-corrected chi connectivity index (χ4v) is 3.32. The lowest BCUT2D eigenvalue weighted by Gasteiger charge is -2.50. The van der Waals surface area contributed by atoms with Crippen LogP contribution in [0.2, 0.25) is 0 Å². The SMILES string of the molecule is CC(C)C1CCC2CCN(C(C)(C)C)CN2C1. The molecule has 2 saturated heterocycles. The second-order valence-corrected chi connectivity index (χ2v) is 7.37. The van der Waals surface area contributed by atoms with Crippen LogP contribution < -0.4 is 0 Å². The fraction of sp³-hybridized carbons (Fsp3) is 1.00. The summed E-state index contributed by atoms with van der Waals surface area (Å²) in [5.41, 5.74) is 0.329. The first kappa shape index (κ1) is 13.4. The van der Waals surface area contributed by atoms with E-state index in [1.54, 1.807) is 0 Å². The van der Waals surface area contributed by atoms with Gasteiger partial charge >= 0.3 is 0 Å². The van der Waals surface area contributed by atoms with Gasteiger partial charge in [-0.1, -0.05) is 13.8 Å². The number of rotatable bonds is 1. The van der Waals surface area contributed by atoms with Crippen molar-refractivity contribution in [3.05, 3.63) is 0 Å². The minimum absolute atomic E-state index is 0.329. The van der Waals surface area contributed by atoms with Gasteiger partial charge in [-0.3, -0.25) is 9.80 Å². The molecule has 0 aromatic rings. The van der Waals surface area contributed by atoms with Crippen molar-refractivity contribution in [3.8, 4) is 0 Å². The first-order valence-corrected chi connectivity index (χ1v) is 7.37. The van der Waals surface area contributed by atoms with Crippen molar-refractivity contribution in [2.45, 2.75) is 65.5 Å². The Kier molecular flexibility index (Phi) is 3.84. The summed E-state index contributed by atoms with van der Waals surface area (Å²) >= 11 is 0. The van der Waals surface area contributed by atoms with E-state index in [1.807, 2.05) is 0 Å². The van der Waals surface area contributed by atoms with E-state index in [-0.39, 0.29) is 0 Å². The Morgan fingerprint density at radius 2 is 1.76 bits per heavy atom. The summed E-state index contributed by atoms with van der Waals surface area (Å²) in [4.78, 5) is 5.40. The van der Waals surface area contributed by atoms with E-state index in [2.05, 4.69) is 44.4 Å². The summed E-state index contributed by atoms with van der Waals surface area (Å²) in [6.07, 6.45) is 4.26. The molecule has 0 aromatic carbocycles. The summed E-state index contributed by atoms with van der Waals surface area (Å²) in [6, 6.07) is 0.878. The van der Waals surface area contributed by atoms with Crippen LogP contribution in [-0.2, 0) is 0 Å². The van der Waals surface area contributed by atoms with Crippen LogP contribution in [0.25, 0.3) is 0 Å². The van der Waals surface area contributed by atoms with Crippen LogP contribution in [0.15, 0.2) is 0 Å². The van der Waals surface area contributed by atoms with Crippen molar-refractivity contribution in [1.29, 1.82) is 0 Å². The fourth-order valence-electron chi connectivity index (χ4n) is 3.32. The predicted molar refractivity (Wildman–Crippen MR) is 74.0 cm³/mol. The maximum atomic E-state index is 2.75. The Morgan fingerprint density at radius 1 is 1.06 bits per heavy atom. The van der Waals surface area contributed by atoms with Gasteiger partial charge < -0.3 is 0 Å². The van der Waals surface area contributed by atoms with Crippen molar-refractivity contribution in [3.63, 3.8) is 0 Å². The van der Waals surface area contributed by atoms with Crippen LogP contribution in [0.4, 0.5) is 0 Å². The Labute approximate surface area is 107 Å². The zero-order valence-corrected chi connectivity index (χ0v) is 12.4. The highest BCUT2D eigenvalue weighted by Crippen LogP contribution is 2.32. The number of fused-ring (bicyclic) bond motifs is 1. The number of nitrogens with zero attached hydrogens (tertiary/aromatic N) is 2. The Balaban J connectivity index is 1.97. The summed E-state index contributed by atoms with van der Waals surface area (Å²) in [5, 5.41) is 0. The summed E-state index contributed by atoms with van der Waals surface area (Å²) < 4.78 is 0. The topological polar surface area (TPSA) is 6.48 Å². The highest BCUT2D eigenvalue weighted by molar-refractivity contribution is 4.89. The molecule has 2 aliphatic rings. The molecule has 0 bridgehead atoms. The molecule has 0 aliphatic carbocycles. The summed E-state index contributed by atoms with van der Waals surface area (Å²) in [6.45, 7) is 15.6. The molecular weight excluding hydrogens is 208 g/mol. The molecule has 0 radical (unpaired) electrons. The summed E-state index contributed by atoms with van der Waals surface area (Å²) in [7, 11) is 0. The predicted octanol–water partition coefficient (Wildman–Crippen LogP) is 3.18. The zero-order valence-electron chi connectivity index (χ0n) is 12.4. The van der Waals surface area contributed by atoms with Crippen LogP contribution in [0.5, 0.6) is 0 Å². The lowest BCUT2D eigenvalue weighted by atomic mass is 9.83. The van der Waals surface area contributed by atoms with Gasteiger partial charge in [0.25, 0.3) is 0 Å². The third-order valence-corrected chi connectivity index (χ3v) is 4.83. The highest BCUT2D eigenvalue weighted by Gasteiger charge is 2.36. The van der Waals surface area contributed by atoms with Gasteiger partial charge in [-0.2, -0.15) is 0 Å². The number of hydrogen-bond acceptors (Lipinski definition) is 2. The van der Waals surface area contributed by atoms with Crippen LogP contribution >= 0.6 is 0 Å². The summed E-state index contributed by atoms with van der Waals surface area (Å²) in [5.74, 6) is 1.77. The third-order valence-electron chi connectivity index (χ3n) is 4.83. The molecule has 2 atom stereocenters. The minimum Gasteiger partial charge on any atom is -0.287 e. The third kappa shape index (κ3) is 3.03. The molecule has 17 heavy (non-hydrogen) atoms. The van der Waals surface area contributed by atoms with Crippen LogP contribution in [0, 0.1) is 11.8 Å². The molecular formula is C15H30N2. The van der Waals surface area contributed by atoms with Crippen LogP contribution in [0.1, 0.15) is 53.9 Å². The van der Waals surface area contributed by atoms with Crippen molar-refractivity contribution in [1.82, 2.24) is 9.80 Å². The standard InChI is InChI=1S/C15H30N2/c1-12(2)13-6-7-14-8-9-17(15(3,4)5)11-16(14)10-13/h12-14H,6-11H2,1-5H3. The molecule has 2 nitrogen and oxygen atoms in total. The normalized spacial score (nSPS) is 32.8.